The highest BCUT2D eigenvalue weighted by atomic mass is 16.5. The second kappa shape index (κ2) is 5.06. The fraction of sp³-hybridized carbons (Fsp3) is 0.263. The maximum absolute atomic E-state index is 6.04. The van der Waals surface area contributed by atoms with Crippen molar-refractivity contribution < 1.29 is 4.74 Å². The van der Waals surface area contributed by atoms with E-state index in [1.54, 1.807) is 0 Å². The normalized spacial score (nSPS) is 22.5. The molecule has 1 aliphatic carbocycles. The van der Waals surface area contributed by atoms with Gasteiger partial charge in [0.05, 0.1) is 5.92 Å². The fourth-order valence-corrected chi connectivity index (χ4v) is 2.40. The number of ether oxygens (including phenoxy) is 1. The average molecular weight is 262 g/mol. The van der Waals surface area contributed by atoms with E-state index in [1.807, 2.05) is 60.7 Å². The van der Waals surface area contributed by atoms with Crippen LogP contribution in [0.4, 0.5) is 0 Å². The van der Waals surface area contributed by atoms with Crippen LogP contribution in [0.5, 0.6) is 5.75 Å². The van der Waals surface area contributed by atoms with Gasteiger partial charge in [-0.3, -0.25) is 0 Å². The Balaban J connectivity index is 1.71. The van der Waals surface area contributed by atoms with Crippen molar-refractivity contribution in [3.63, 3.8) is 0 Å². The molecule has 0 heterocycles. The summed E-state index contributed by atoms with van der Waals surface area (Å²) in [5.41, 5.74) is 1.19. The first-order chi connectivity index (χ1) is 9.68. The lowest BCUT2D eigenvalue weighted by molar-refractivity contribution is 0.258. The zero-order valence-electron chi connectivity index (χ0n) is 11.8. The van der Waals surface area contributed by atoms with Gasteiger partial charge in [0.25, 0.3) is 0 Å². The first kappa shape index (κ1) is 12.8. The van der Waals surface area contributed by atoms with E-state index in [-0.39, 0.29) is 11.5 Å². The van der Waals surface area contributed by atoms with Gasteiger partial charge in [-0.25, -0.2) is 0 Å². The molecule has 2 aromatic rings. The quantitative estimate of drug-likeness (QED) is 0.739. The Morgan fingerprint density at radius 3 is 2.15 bits per heavy atom. The summed E-state index contributed by atoms with van der Waals surface area (Å²) >= 11 is 0. The second-order valence-electron chi connectivity index (χ2n) is 5.79. The lowest BCUT2D eigenvalue weighted by atomic mass is 10.1. The van der Waals surface area contributed by atoms with E-state index in [9.17, 15) is 0 Å². The third-order valence-corrected chi connectivity index (χ3v) is 3.88. The maximum Gasteiger partial charge on any atom is 0.119 e. The summed E-state index contributed by atoms with van der Waals surface area (Å²) in [4.78, 5) is 0. The first-order valence-electron chi connectivity index (χ1n) is 6.96. The largest absolute Gasteiger partial charge is 0.489 e. The Hall–Kier alpha value is -2.20. The van der Waals surface area contributed by atoms with Gasteiger partial charge in [-0.2, -0.15) is 0 Å². The van der Waals surface area contributed by atoms with Gasteiger partial charge in [0.1, 0.15) is 11.9 Å². The standard InChI is InChI=1S/C19H18O/c1-19(2)17(14-13-15-9-5-3-6-10-15)18(19)20-16-11-7-4-8-12-16/h3-12,17-18H,1-2H3. The molecule has 1 saturated carbocycles. The van der Waals surface area contributed by atoms with Crippen molar-refractivity contribution in [2.24, 2.45) is 11.3 Å². The van der Waals surface area contributed by atoms with Gasteiger partial charge >= 0.3 is 0 Å². The van der Waals surface area contributed by atoms with Gasteiger partial charge in [-0.1, -0.05) is 62.1 Å². The zero-order chi connectivity index (χ0) is 14.0. The Bertz CT molecular complexity index is 632. The highest BCUT2D eigenvalue weighted by Gasteiger charge is 2.59. The maximum atomic E-state index is 6.04. The van der Waals surface area contributed by atoms with Crippen LogP contribution in [0.15, 0.2) is 60.7 Å². The van der Waals surface area contributed by atoms with E-state index in [1.165, 1.54) is 0 Å². The molecule has 0 spiro atoms. The molecule has 3 rings (SSSR count). The summed E-state index contributed by atoms with van der Waals surface area (Å²) in [5.74, 6) is 7.83. The van der Waals surface area contributed by atoms with E-state index in [2.05, 4.69) is 25.7 Å². The Morgan fingerprint density at radius 2 is 1.50 bits per heavy atom. The molecule has 1 fully saturated rings. The van der Waals surface area contributed by atoms with Crippen LogP contribution in [-0.2, 0) is 0 Å². The molecule has 0 saturated heterocycles. The molecule has 0 bridgehead atoms. The van der Waals surface area contributed by atoms with Gasteiger partial charge < -0.3 is 4.74 Å². The molecular weight excluding hydrogens is 244 g/mol. The minimum Gasteiger partial charge on any atom is -0.489 e. The molecule has 2 atom stereocenters. The molecule has 2 unspecified atom stereocenters. The predicted octanol–water partition coefficient (Wildman–Crippen LogP) is 4.14. The predicted molar refractivity (Wildman–Crippen MR) is 81.4 cm³/mol. The monoisotopic (exact) mass is 262 g/mol. The molecule has 1 heteroatoms. The first-order valence-corrected chi connectivity index (χ1v) is 6.96. The number of hydrogen-bond acceptors (Lipinski definition) is 1. The number of hydrogen-bond donors (Lipinski definition) is 0. The summed E-state index contributed by atoms with van der Waals surface area (Å²) < 4.78 is 6.04. The third-order valence-electron chi connectivity index (χ3n) is 3.88. The van der Waals surface area contributed by atoms with Crippen molar-refractivity contribution >= 4 is 0 Å². The van der Waals surface area contributed by atoms with Crippen molar-refractivity contribution in [2.45, 2.75) is 20.0 Å². The molecule has 1 aliphatic rings. The van der Waals surface area contributed by atoms with Crippen molar-refractivity contribution in [1.82, 2.24) is 0 Å². The SMILES string of the molecule is CC1(C)C(C#Cc2ccccc2)C1Oc1ccccc1. The lowest BCUT2D eigenvalue weighted by Gasteiger charge is -2.06. The van der Waals surface area contributed by atoms with Crippen LogP contribution >= 0.6 is 0 Å². The molecule has 100 valence electrons. The minimum absolute atomic E-state index is 0.123. The summed E-state index contributed by atoms with van der Waals surface area (Å²) in [5, 5.41) is 0. The van der Waals surface area contributed by atoms with Crippen LogP contribution < -0.4 is 4.74 Å². The number of benzene rings is 2. The van der Waals surface area contributed by atoms with Crippen molar-refractivity contribution in [2.75, 3.05) is 0 Å². The van der Waals surface area contributed by atoms with Crippen molar-refractivity contribution in [3.05, 3.63) is 66.2 Å². The highest BCUT2D eigenvalue weighted by molar-refractivity contribution is 5.38. The smallest absolute Gasteiger partial charge is 0.119 e. The Kier molecular flexibility index (Phi) is 3.24. The molecule has 1 nitrogen and oxygen atoms in total. The molecule has 2 aromatic carbocycles. The fourth-order valence-electron chi connectivity index (χ4n) is 2.40. The Morgan fingerprint density at radius 1 is 0.900 bits per heavy atom. The van der Waals surface area contributed by atoms with Crippen molar-refractivity contribution in [3.8, 4) is 17.6 Å². The number of para-hydroxylation sites is 1. The molecule has 0 radical (unpaired) electrons. The topological polar surface area (TPSA) is 9.23 Å². The molecule has 20 heavy (non-hydrogen) atoms. The van der Waals surface area contributed by atoms with Crippen molar-refractivity contribution in [1.29, 1.82) is 0 Å². The second-order valence-corrected chi connectivity index (χ2v) is 5.79. The van der Waals surface area contributed by atoms with Gasteiger partial charge in [0, 0.05) is 11.0 Å². The van der Waals surface area contributed by atoms with Crippen LogP contribution in [0.25, 0.3) is 0 Å². The van der Waals surface area contributed by atoms with Gasteiger partial charge in [0.15, 0.2) is 0 Å². The lowest BCUT2D eigenvalue weighted by Crippen LogP contribution is -2.04. The Labute approximate surface area is 120 Å². The molecule has 0 amide bonds. The van der Waals surface area contributed by atoms with Gasteiger partial charge in [-0.05, 0) is 24.3 Å². The van der Waals surface area contributed by atoms with E-state index in [0.717, 1.165) is 11.3 Å². The summed E-state index contributed by atoms with van der Waals surface area (Å²) in [6.07, 6.45) is 0.182. The average Bonchev–Trinajstić information content (AvgIpc) is 2.99. The summed E-state index contributed by atoms with van der Waals surface area (Å²) in [6.45, 7) is 4.43. The van der Waals surface area contributed by atoms with Crippen LogP contribution in [0.3, 0.4) is 0 Å². The van der Waals surface area contributed by atoms with Crippen LogP contribution in [-0.4, -0.2) is 6.10 Å². The van der Waals surface area contributed by atoms with Crippen LogP contribution in [0.2, 0.25) is 0 Å². The third kappa shape index (κ3) is 2.56. The number of rotatable bonds is 2. The summed E-state index contributed by atoms with van der Waals surface area (Å²) in [7, 11) is 0. The van der Waals surface area contributed by atoms with E-state index < -0.39 is 0 Å². The molecule has 0 aliphatic heterocycles. The molecule has 0 aromatic heterocycles. The van der Waals surface area contributed by atoms with Gasteiger partial charge in [0.2, 0.25) is 0 Å². The van der Waals surface area contributed by atoms with Crippen LogP contribution in [0.1, 0.15) is 19.4 Å². The van der Waals surface area contributed by atoms with E-state index in [0.29, 0.717) is 5.92 Å². The minimum atomic E-state index is 0.123. The van der Waals surface area contributed by atoms with E-state index >= 15 is 0 Å². The van der Waals surface area contributed by atoms with Crippen LogP contribution in [0, 0.1) is 23.2 Å². The molecule has 0 N–H and O–H groups in total. The summed E-state index contributed by atoms with van der Waals surface area (Å²) in [6, 6.07) is 20.1. The molecular formula is C19H18O. The highest BCUT2D eigenvalue weighted by Crippen LogP contribution is 2.53. The van der Waals surface area contributed by atoms with Gasteiger partial charge in [-0.15, -0.1) is 0 Å². The zero-order valence-corrected chi connectivity index (χ0v) is 11.8. The van der Waals surface area contributed by atoms with E-state index in [4.69, 9.17) is 4.74 Å².